The lowest BCUT2D eigenvalue weighted by atomic mass is 10.0. The smallest absolute Gasteiger partial charge is 0.456 e. The van der Waals surface area contributed by atoms with Crippen molar-refractivity contribution in [3.8, 4) is 0 Å². The molecule has 10 heteroatoms. The van der Waals surface area contributed by atoms with E-state index in [9.17, 15) is 19.0 Å². The Labute approximate surface area is 408 Å². The van der Waals surface area contributed by atoms with E-state index in [-0.39, 0.29) is 31.5 Å². The average molecular weight is 950 g/mol. The third-order valence-corrected chi connectivity index (χ3v) is 13.0. The monoisotopic (exact) mass is 950 g/mol. The van der Waals surface area contributed by atoms with Gasteiger partial charge in [0.1, 0.15) is 19.3 Å². The lowest BCUT2D eigenvalue weighted by molar-refractivity contribution is -0.870. The quantitative estimate of drug-likeness (QED) is 0.0205. The number of esters is 1. The van der Waals surface area contributed by atoms with Crippen LogP contribution in [0, 0.1) is 0 Å². The number of ether oxygens (including phenoxy) is 1. The second-order valence-electron chi connectivity index (χ2n) is 19.7. The van der Waals surface area contributed by atoms with Gasteiger partial charge >= 0.3 is 13.8 Å². The molecule has 0 aliphatic carbocycles. The molecule has 66 heavy (non-hydrogen) atoms. The first-order chi connectivity index (χ1) is 31.9. The van der Waals surface area contributed by atoms with Gasteiger partial charge in [-0.2, -0.15) is 0 Å². The zero-order valence-electron chi connectivity index (χ0n) is 43.9. The minimum Gasteiger partial charge on any atom is -0.456 e. The van der Waals surface area contributed by atoms with E-state index >= 15 is 0 Å². The molecular weight excluding hydrogens is 844 g/mol. The van der Waals surface area contributed by atoms with Crippen LogP contribution in [0.25, 0.3) is 0 Å². The van der Waals surface area contributed by atoms with E-state index in [2.05, 4.69) is 62.5 Å². The summed E-state index contributed by atoms with van der Waals surface area (Å²) in [5, 5.41) is 3.03. The Morgan fingerprint density at radius 1 is 0.530 bits per heavy atom. The number of hydrogen-bond acceptors (Lipinski definition) is 6. The highest BCUT2D eigenvalue weighted by atomic mass is 31.2. The summed E-state index contributed by atoms with van der Waals surface area (Å²) in [7, 11) is 1.48. The number of carbonyl (C=O) groups excluding carboxylic acids is 2. The molecule has 0 aromatic heterocycles. The van der Waals surface area contributed by atoms with Crippen molar-refractivity contribution in [2.24, 2.45) is 0 Å². The number of likely N-dealkylation sites (N-methyl/N-ethyl adjacent to an activating group) is 1. The Balaban J connectivity index is 5.37. The maximum absolute atomic E-state index is 13.4. The number of phosphoric ester groups is 1. The van der Waals surface area contributed by atoms with E-state index < -0.39 is 20.0 Å². The highest BCUT2D eigenvalue weighted by Gasteiger charge is 2.30. The van der Waals surface area contributed by atoms with Crippen LogP contribution >= 0.6 is 7.82 Å². The van der Waals surface area contributed by atoms with Gasteiger partial charge < -0.3 is 19.4 Å². The zero-order chi connectivity index (χ0) is 48.7. The summed E-state index contributed by atoms with van der Waals surface area (Å²) < 4.78 is 30.5. The van der Waals surface area contributed by atoms with E-state index in [4.69, 9.17) is 13.8 Å². The van der Waals surface area contributed by atoms with E-state index in [1.165, 1.54) is 109 Å². The molecule has 2 N–H and O–H groups in total. The fraction of sp³-hybridized carbons (Fsp3) is 0.821. The summed E-state index contributed by atoms with van der Waals surface area (Å²) in [6, 6.07) is -0.853. The molecule has 0 rings (SSSR count). The molecule has 0 aliphatic heterocycles. The first-order valence-corrected chi connectivity index (χ1v) is 29.0. The fourth-order valence-electron chi connectivity index (χ4n) is 7.66. The normalized spacial score (nSPS) is 14.2. The largest absolute Gasteiger partial charge is 0.472 e. The van der Waals surface area contributed by atoms with Crippen LogP contribution < -0.4 is 5.32 Å². The van der Waals surface area contributed by atoms with Crippen LogP contribution in [0.4, 0.5) is 0 Å². The van der Waals surface area contributed by atoms with Gasteiger partial charge in [0.15, 0.2) is 0 Å². The average Bonchev–Trinajstić information content (AvgIpc) is 3.27. The Morgan fingerprint density at radius 2 is 0.939 bits per heavy atom. The number of carbonyl (C=O) groups is 2. The molecule has 0 heterocycles. The fourth-order valence-corrected chi connectivity index (χ4v) is 8.39. The first kappa shape index (κ1) is 64.0. The summed E-state index contributed by atoms with van der Waals surface area (Å²) >= 11 is 0. The Hall–Kier alpha value is -2.03. The molecule has 3 unspecified atom stereocenters. The molecule has 0 saturated heterocycles. The van der Waals surface area contributed by atoms with Gasteiger partial charge in [0.05, 0.1) is 33.8 Å². The van der Waals surface area contributed by atoms with Gasteiger partial charge in [-0.25, -0.2) is 4.57 Å². The minimum absolute atomic E-state index is 0.0370. The van der Waals surface area contributed by atoms with Gasteiger partial charge in [-0.3, -0.25) is 18.6 Å². The van der Waals surface area contributed by atoms with Crippen molar-refractivity contribution < 1.29 is 37.3 Å². The van der Waals surface area contributed by atoms with Crippen LogP contribution in [0.1, 0.15) is 245 Å². The summed E-state index contributed by atoms with van der Waals surface area (Å²) in [6.07, 6.45) is 55.3. The van der Waals surface area contributed by atoms with Crippen molar-refractivity contribution in [3.05, 3.63) is 48.6 Å². The predicted octanol–water partition coefficient (Wildman–Crippen LogP) is 16.2. The molecule has 3 atom stereocenters. The number of phosphoric acid groups is 1. The standard InChI is InChI=1S/C56H105N2O7P/c1-7-10-13-16-19-22-25-27-28-29-30-31-34-37-40-43-46-49-56(60)65-54(47-44-41-38-35-33-26-23-20-17-14-11-8-2)53(52-64-66(61,62)63-51-50-58(4,5)6)57-55(59)48-45-42-39-36-32-24-21-18-15-12-9-3/h18-19,21-22,27-28,44,47,53-54H,7-17,20,23-26,29-43,45-46,48-52H2,1-6H3,(H-,57,59,61,62)/p+1/b21-18-,22-19-,28-27-,47-44-. The van der Waals surface area contributed by atoms with Crippen LogP contribution in [0.2, 0.25) is 0 Å². The number of quaternary nitrogens is 1. The molecule has 0 radical (unpaired) electrons. The lowest BCUT2D eigenvalue weighted by Gasteiger charge is -2.27. The van der Waals surface area contributed by atoms with Crippen molar-refractivity contribution in [1.29, 1.82) is 0 Å². The SMILES string of the molecule is CCCC/C=C\CCCCCCCC(=O)NC(COP(=O)(O)OCC[N+](C)(C)C)C(/C=C\CCCCCCCCCCCC)OC(=O)CCCCCCCCC/C=C\C/C=C\CCCCC. The van der Waals surface area contributed by atoms with E-state index in [1.807, 2.05) is 33.3 Å². The van der Waals surface area contributed by atoms with Crippen LogP contribution in [0.3, 0.4) is 0 Å². The second-order valence-corrected chi connectivity index (χ2v) is 21.2. The molecule has 1 amide bonds. The number of nitrogens with zero attached hydrogens (tertiary/aromatic N) is 1. The molecule has 0 aliphatic rings. The van der Waals surface area contributed by atoms with Crippen molar-refractivity contribution in [2.45, 2.75) is 258 Å². The number of allylic oxidation sites excluding steroid dienone is 7. The summed E-state index contributed by atoms with van der Waals surface area (Å²) in [5.41, 5.74) is 0. The minimum atomic E-state index is -4.44. The molecule has 0 spiro atoms. The second kappa shape index (κ2) is 46.7. The Kier molecular flexibility index (Phi) is 45.3. The third kappa shape index (κ3) is 47.1. The van der Waals surface area contributed by atoms with E-state index in [0.29, 0.717) is 17.4 Å². The number of amides is 1. The summed E-state index contributed by atoms with van der Waals surface area (Å²) in [4.78, 5) is 37.4. The number of nitrogens with one attached hydrogen (secondary N) is 1. The maximum Gasteiger partial charge on any atom is 0.472 e. The van der Waals surface area contributed by atoms with Crippen molar-refractivity contribution >= 4 is 19.7 Å². The predicted molar refractivity (Wildman–Crippen MR) is 282 cm³/mol. The number of hydrogen-bond donors (Lipinski definition) is 2. The van der Waals surface area contributed by atoms with Crippen LogP contribution in [0.5, 0.6) is 0 Å². The molecule has 0 saturated carbocycles. The number of rotatable bonds is 49. The Bertz CT molecular complexity index is 1280. The highest BCUT2D eigenvalue weighted by Crippen LogP contribution is 2.43. The topological polar surface area (TPSA) is 111 Å². The van der Waals surface area contributed by atoms with Crippen LogP contribution in [-0.4, -0.2) is 74.3 Å². The molecule has 0 bridgehead atoms. The van der Waals surface area contributed by atoms with Gasteiger partial charge in [0, 0.05) is 12.8 Å². The van der Waals surface area contributed by atoms with Crippen molar-refractivity contribution in [3.63, 3.8) is 0 Å². The number of unbranched alkanes of at least 4 members (excludes halogenated alkanes) is 27. The van der Waals surface area contributed by atoms with Crippen molar-refractivity contribution in [1.82, 2.24) is 5.32 Å². The third-order valence-electron chi connectivity index (χ3n) is 12.0. The van der Waals surface area contributed by atoms with E-state index in [0.717, 1.165) is 103 Å². The summed E-state index contributed by atoms with van der Waals surface area (Å²) in [6.45, 7) is 6.93. The van der Waals surface area contributed by atoms with Gasteiger partial charge in [-0.05, 0) is 83.1 Å². The highest BCUT2D eigenvalue weighted by molar-refractivity contribution is 7.47. The Morgan fingerprint density at radius 3 is 1.45 bits per heavy atom. The summed E-state index contributed by atoms with van der Waals surface area (Å²) in [5.74, 6) is -0.524. The van der Waals surface area contributed by atoms with Crippen molar-refractivity contribution in [2.75, 3.05) is 40.9 Å². The van der Waals surface area contributed by atoms with Gasteiger partial charge in [0.25, 0.3) is 0 Å². The first-order valence-electron chi connectivity index (χ1n) is 27.5. The molecule has 0 fully saturated rings. The van der Waals surface area contributed by atoms with Gasteiger partial charge in [0.2, 0.25) is 5.91 Å². The molecular formula is C56H106N2O7P+. The molecule has 386 valence electrons. The molecule has 0 aromatic rings. The van der Waals surface area contributed by atoms with E-state index in [1.54, 1.807) is 0 Å². The van der Waals surface area contributed by atoms with Gasteiger partial charge in [-0.15, -0.1) is 0 Å². The van der Waals surface area contributed by atoms with Crippen LogP contribution in [-0.2, 0) is 27.9 Å². The zero-order valence-corrected chi connectivity index (χ0v) is 44.8. The van der Waals surface area contributed by atoms with Crippen LogP contribution in [0.15, 0.2) is 48.6 Å². The lowest BCUT2D eigenvalue weighted by Crippen LogP contribution is -2.47. The molecule has 0 aromatic carbocycles. The maximum atomic E-state index is 13.4. The van der Waals surface area contributed by atoms with Gasteiger partial charge in [-0.1, -0.05) is 198 Å². The molecule has 9 nitrogen and oxygen atoms in total.